The summed E-state index contributed by atoms with van der Waals surface area (Å²) in [6, 6.07) is 7.28. The minimum absolute atomic E-state index is 0.000124. The van der Waals surface area contributed by atoms with Gasteiger partial charge in [0.25, 0.3) is 5.56 Å². The van der Waals surface area contributed by atoms with Crippen molar-refractivity contribution in [3.05, 3.63) is 40.2 Å². The van der Waals surface area contributed by atoms with Crippen LogP contribution < -0.4 is 19.8 Å². The Morgan fingerprint density at radius 3 is 2.75 bits per heavy atom. The Bertz CT molecular complexity index is 916. The van der Waals surface area contributed by atoms with Crippen LogP contribution in [0, 0.1) is 0 Å². The third-order valence-corrected chi connectivity index (χ3v) is 5.23. The zero-order valence-corrected chi connectivity index (χ0v) is 16.4. The molecule has 28 heavy (non-hydrogen) atoms. The number of hydrogen-bond acceptors (Lipinski definition) is 6. The average Bonchev–Trinajstić information content (AvgIpc) is 2.71. The van der Waals surface area contributed by atoms with Gasteiger partial charge in [-0.05, 0) is 25.5 Å². The van der Waals surface area contributed by atoms with Gasteiger partial charge in [0.1, 0.15) is 18.5 Å². The molecule has 0 spiro atoms. The molecule has 1 aromatic heterocycles. The van der Waals surface area contributed by atoms with E-state index in [0.717, 1.165) is 16.8 Å². The SMILES string of the molecule is COc1ccc2c(c1OC)CC(C)n1c-2cc(OC[C@@H]2COCCO2)cc1=O. The summed E-state index contributed by atoms with van der Waals surface area (Å²) in [5.41, 5.74) is 2.73. The third-order valence-electron chi connectivity index (χ3n) is 5.23. The highest BCUT2D eigenvalue weighted by molar-refractivity contribution is 5.73. The van der Waals surface area contributed by atoms with Crippen LogP contribution in [0.3, 0.4) is 0 Å². The number of aromatic nitrogens is 1. The fourth-order valence-electron chi connectivity index (χ4n) is 3.94. The van der Waals surface area contributed by atoms with Gasteiger partial charge in [0, 0.05) is 29.3 Å². The van der Waals surface area contributed by atoms with E-state index in [1.807, 2.05) is 25.1 Å². The molecule has 7 nitrogen and oxygen atoms in total. The number of hydrogen-bond donors (Lipinski definition) is 0. The van der Waals surface area contributed by atoms with E-state index >= 15 is 0 Å². The Balaban J connectivity index is 1.71. The lowest BCUT2D eigenvalue weighted by Gasteiger charge is -2.29. The molecule has 0 amide bonds. The van der Waals surface area contributed by atoms with Crippen LogP contribution >= 0.6 is 0 Å². The summed E-state index contributed by atoms with van der Waals surface area (Å²) >= 11 is 0. The summed E-state index contributed by atoms with van der Waals surface area (Å²) < 4.78 is 29.7. The molecule has 0 N–H and O–H groups in total. The molecule has 4 rings (SSSR count). The van der Waals surface area contributed by atoms with E-state index in [-0.39, 0.29) is 17.7 Å². The average molecular weight is 387 g/mol. The molecule has 0 bridgehead atoms. The quantitative estimate of drug-likeness (QED) is 0.785. The van der Waals surface area contributed by atoms with Crippen molar-refractivity contribution in [2.24, 2.45) is 0 Å². The van der Waals surface area contributed by atoms with Crippen molar-refractivity contribution in [2.75, 3.05) is 40.6 Å². The van der Waals surface area contributed by atoms with Crippen molar-refractivity contribution in [3.8, 4) is 28.5 Å². The molecule has 0 saturated carbocycles. The lowest BCUT2D eigenvalue weighted by Crippen LogP contribution is -2.34. The molecule has 2 aliphatic rings. The second kappa shape index (κ2) is 7.85. The molecule has 1 unspecified atom stereocenters. The zero-order chi connectivity index (χ0) is 19.7. The first-order valence-electron chi connectivity index (χ1n) is 9.45. The second-order valence-corrected chi connectivity index (χ2v) is 7.04. The van der Waals surface area contributed by atoms with Crippen LogP contribution in [0.25, 0.3) is 11.3 Å². The van der Waals surface area contributed by atoms with Gasteiger partial charge >= 0.3 is 0 Å². The van der Waals surface area contributed by atoms with Gasteiger partial charge < -0.3 is 28.3 Å². The Hall–Kier alpha value is -2.51. The molecular weight excluding hydrogens is 362 g/mol. The Labute approximate surface area is 163 Å². The lowest BCUT2D eigenvalue weighted by atomic mass is 9.92. The number of pyridine rings is 1. The highest BCUT2D eigenvalue weighted by Crippen LogP contribution is 2.43. The van der Waals surface area contributed by atoms with Gasteiger partial charge in [0.05, 0.1) is 39.7 Å². The monoisotopic (exact) mass is 387 g/mol. The highest BCUT2D eigenvalue weighted by atomic mass is 16.6. The van der Waals surface area contributed by atoms with Crippen molar-refractivity contribution in [2.45, 2.75) is 25.5 Å². The maximum atomic E-state index is 12.8. The number of fused-ring (bicyclic) bond motifs is 3. The van der Waals surface area contributed by atoms with E-state index in [1.54, 1.807) is 18.8 Å². The number of ether oxygens (including phenoxy) is 5. The predicted octanol–water partition coefficient (Wildman–Crippen LogP) is 2.44. The largest absolute Gasteiger partial charge is 0.493 e. The lowest BCUT2D eigenvalue weighted by molar-refractivity contribution is -0.101. The fraction of sp³-hybridized carbons (Fsp3) is 0.476. The minimum Gasteiger partial charge on any atom is -0.493 e. The first-order chi connectivity index (χ1) is 13.6. The van der Waals surface area contributed by atoms with E-state index in [9.17, 15) is 4.79 Å². The molecule has 0 radical (unpaired) electrons. The van der Waals surface area contributed by atoms with Gasteiger partial charge in [-0.2, -0.15) is 0 Å². The van der Waals surface area contributed by atoms with Gasteiger partial charge in [-0.15, -0.1) is 0 Å². The van der Waals surface area contributed by atoms with Gasteiger partial charge in [-0.25, -0.2) is 0 Å². The second-order valence-electron chi connectivity index (χ2n) is 7.04. The number of nitrogens with zero attached hydrogens (tertiary/aromatic N) is 1. The fourth-order valence-corrected chi connectivity index (χ4v) is 3.94. The van der Waals surface area contributed by atoms with Gasteiger partial charge in [-0.1, -0.05) is 0 Å². The highest BCUT2D eigenvalue weighted by Gasteiger charge is 2.27. The molecule has 7 heteroatoms. The van der Waals surface area contributed by atoms with E-state index < -0.39 is 0 Å². The Kier molecular flexibility index (Phi) is 5.28. The van der Waals surface area contributed by atoms with Gasteiger partial charge in [0.2, 0.25) is 0 Å². The number of methoxy groups -OCH3 is 2. The van der Waals surface area contributed by atoms with Crippen molar-refractivity contribution in [3.63, 3.8) is 0 Å². The van der Waals surface area contributed by atoms with E-state index in [4.69, 9.17) is 23.7 Å². The molecule has 2 aliphatic heterocycles. The minimum atomic E-state index is -0.122. The summed E-state index contributed by atoms with van der Waals surface area (Å²) in [6.45, 7) is 4.04. The van der Waals surface area contributed by atoms with Crippen molar-refractivity contribution >= 4 is 0 Å². The molecule has 1 saturated heterocycles. The Morgan fingerprint density at radius 2 is 2.04 bits per heavy atom. The van der Waals surface area contributed by atoms with Crippen LogP contribution in [-0.2, 0) is 15.9 Å². The standard InChI is InChI=1S/C21H25NO6/c1-13-8-17-16(4-5-19(24-2)21(17)25-3)18-9-14(10-20(23)22(13)18)28-12-15-11-26-6-7-27-15/h4-5,9-10,13,15H,6-8,11-12H2,1-3H3/t13?,15-/m0/s1. The summed E-state index contributed by atoms with van der Waals surface area (Å²) in [7, 11) is 3.26. The van der Waals surface area contributed by atoms with E-state index in [0.29, 0.717) is 50.1 Å². The maximum absolute atomic E-state index is 12.8. The van der Waals surface area contributed by atoms with Crippen LogP contribution in [0.15, 0.2) is 29.1 Å². The van der Waals surface area contributed by atoms with Crippen LogP contribution in [-0.4, -0.2) is 51.3 Å². The Morgan fingerprint density at radius 1 is 1.18 bits per heavy atom. The summed E-state index contributed by atoms with van der Waals surface area (Å²) in [6.07, 6.45) is 0.568. The zero-order valence-electron chi connectivity index (χ0n) is 16.4. The molecule has 3 heterocycles. The van der Waals surface area contributed by atoms with Crippen LogP contribution in [0.5, 0.6) is 17.2 Å². The number of benzene rings is 1. The third kappa shape index (κ3) is 3.36. The van der Waals surface area contributed by atoms with Crippen LogP contribution in [0.1, 0.15) is 18.5 Å². The van der Waals surface area contributed by atoms with Crippen molar-refractivity contribution in [1.82, 2.24) is 4.57 Å². The number of rotatable bonds is 5. The first-order valence-corrected chi connectivity index (χ1v) is 9.45. The summed E-state index contributed by atoms with van der Waals surface area (Å²) in [5, 5.41) is 0. The smallest absolute Gasteiger partial charge is 0.254 e. The first kappa shape index (κ1) is 18.8. The van der Waals surface area contributed by atoms with Crippen molar-refractivity contribution in [1.29, 1.82) is 0 Å². The molecule has 2 aromatic rings. The van der Waals surface area contributed by atoms with Gasteiger partial charge in [0.15, 0.2) is 11.5 Å². The summed E-state index contributed by atoms with van der Waals surface area (Å²) in [5.74, 6) is 1.93. The topological polar surface area (TPSA) is 68.2 Å². The van der Waals surface area contributed by atoms with E-state index in [2.05, 4.69) is 0 Å². The molecule has 1 aromatic carbocycles. The molecule has 0 aliphatic carbocycles. The van der Waals surface area contributed by atoms with Crippen molar-refractivity contribution < 1.29 is 23.7 Å². The molecule has 1 fully saturated rings. The van der Waals surface area contributed by atoms with Crippen LogP contribution in [0.4, 0.5) is 0 Å². The maximum Gasteiger partial charge on any atom is 0.254 e. The van der Waals surface area contributed by atoms with E-state index in [1.165, 1.54) is 6.07 Å². The molecule has 150 valence electrons. The molecule has 2 atom stereocenters. The van der Waals surface area contributed by atoms with Gasteiger partial charge in [-0.3, -0.25) is 4.79 Å². The summed E-state index contributed by atoms with van der Waals surface area (Å²) in [4.78, 5) is 12.8. The predicted molar refractivity (Wildman–Crippen MR) is 104 cm³/mol. The normalized spacial score (nSPS) is 20.8. The molecular formula is C21H25NO6. The van der Waals surface area contributed by atoms with Crippen LogP contribution in [0.2, 0.25) is 0 Å².